The Balaban J connectivity index is 1.78. The lowest BCUT2D eigenvalue weighted by Gasteiger charge is -2.16. The average molecular weight is 293 g/mol. The largest absolute Gasteiger partial charge is 0.486 e. The SMILES string of the molecule is CNc1ccn2cc(-c3ccc4c(c3)CC(=O)CO4)nc2c1. The first-order valence-corrected chi connectivity index (χ1v) is 7.17. The van der Waals surface area contributed by atoms with Crippen molar-refractivity contribution in [2.75, 3.05) is 19.0 Å². The van der Waals surface area contributed by atoms with Crippen molar-refractivity contribution in [2.45, 2.75) is 6.42 Å². The van der Waals surface area contributed by atoms with Gasteiger partial charge in [-0.05, 0) is 24.3 Å². The molecule has 1 N–H and O–H groups in total. The fraction of sp³-hybridized carbons (Fsp3) is 0.176. The summed E-state index contributed by atoms with van der Waals surface area (Å²) in [6.07, 6.45) is 4.39. The van der Waals surface area contributed by atoms with E-state index in [2.05, 4.69) is 10.3 Å². The van der Waals surface area contributed by atoms with Crippen molar-refractivity contribution in [3.05, 3.63) is 48.3 Å². The van der Waals surface area contributed by atoms with Crippen LogP contribution in [0.2, 0.25) is 0 Å². The maximum atomic E-state index is 11.5. The molecule has 22 heavy (non-hydrogen) atoms. The summed E-state index contributed by atoms with van der Waals surface area (Å²) in [5.41, 5.74) is 4.71. The molecule has 110 valence electrons. The van der Waals surface area contributed by atoms with Gasteiger partial charge in [-0.15, -0.1) is 0 Å². The predicted octanol–water partition coefficient (Wildman–Crippen LogP) is 2.55. The summed E-state index contributed by atoms with van der Waals surface area (Å²) in [5, 5.41) is 3.11. The molecule has 0 saturated heterocycles. The normalized spacial score (nSPS) is 13.8. The van der Waals surface area contributed by atoms with Crippen molar-refractivity contribution in [1.82, 2.24) is 9.38 Å². The summed E-state index contributed by atoms with van der Waals surface area (Å²) in [4.78, 5) is 16.2. The summed E-state index contributed by atoms with van der Waals surface area (Å²) in [5.74, 6) is 0.905. The summed E-state index contributed by atoms with van der Waals surface area (Å²) in [6, 6.07) is 9.88. The number of Topliss-reactive ketones (excluding diaryl/α,β-unsaturated/α-hetero) is 1. The smallest absolute Gasteiger partial charge is 0.174 e. The fourth-order valence-corrected chi connectivity index (χ4v) is 2.72. The Kier molecular flexibility index (Phi) is 2.85. The predicted molar refractivity (Wildman–Crippen MR) is 84.4 cm³/mol. The van der Waals surface area contributed by atoms with Gasteiger partial charge in [-0.2, -0.15) is 0 Å². The van der Waals surface area contributed by atoms with Gasteiger partial charge in [0.15, 0.2) is 5.78 Å². The van der Waals surface area contributed by atoms with Gasteiger partial charge in [0.1, 0.15) is 18.0 Å². The standard InChI is InChI=1S/C17H15N3O2/c1-18-13-4-5-20-9-15(19-17(20)8-13)11-2-3-16-12(6-11)7-14(21)10-22-16/h2-6,8-9,18H,7,10H2,1H3. The zero-order valence-electron chi connectivity index (χ0n) is 12.2. The molecule has 0 spiro atoms. The Morgan fingerprint density at radius 2 is 2.18 bits per heavy atom. The van der Waals surface area contributed by atoms with E-state index in [1.54, 1.807) is 0 Å². The van der Waals surface area contributed by atoms with E-state index < -0.39 is 0 Å². The number of pyridine rings is 1. The molecule has 0 amide bonds. The number of hydrogen-bond acceptors (Lipinski definition) is 4. The molecule has 0 unspecified atom stereocenters. The maximum absolute atomic E-state index is 11.5. The molecule has 5 nitrogen and oxygen atoms in total. The lowest BCUT2D eigenvalue weighted by Crippen LogP contribution is -2.20. The van der Waals surface area contributed by atoms with E-state index in [0.717, 1.165) is 33.9 Å². The number of carbonyl (C=O) groups excluding carboxylic acids is 1. The number of nitrogens with one attached hydrogen (secondary N) is 1. The van der Waals surface area contributed by atoms with Gasteiger partial charge >= 0.3 is 0 Å². The average Bonchev–Trinajstić information content (AvgIpc) is 2.97. The molecule has 1 aromatic carbocycles. The van der Waals surface area contributed by atoms with E-state index in [9.17, 15) is 4.79 Å². The molecule has 2 aromatic heterocycles. The monoisotopic (exact) mass is 293 g/mol. The van der Waals surface area contributed by atoms with E-state index in [1.165, 1.54) is 0 Å². The number of ether oxygens (including phenoxy) is 1. The van der Waals surface area contributed by atoms with Crippen LogP contribution in [0.4, 0.5) is 5.69 Å². The van der Waals surface area contributed by atoms with Crippen LogP contribution in [0.25, 0.3) is 16.9 Å². The highest BCUT2D eigenvalue weighted by atomic mass is 16.5. The molecule has 1 aliphatic heterocycles. The molecule has 5 heteroatoms. The molecule has 3 aromatic rings. The van der Waals surface area contributed by atoms with Crippen LogP contribution in [0.5, 0.6) is 5.75 Å². The number of fused-ring (bicyclic) bond motifs is 2. The van der Waals surface area contributed by atoms with E-state index in [0.29, 0.717) is 6.42 Å². The van der Waals surface area contributed by atoms with Gasteiger partial charge in [0.05, 0.1) is 5.69 Å². The lowest BCUT2D eigenvalue weighted by molar-refractivity contribution is -0.121. The third-order valence-corrected chi connectivity index (χ3v) is 3.88. The zero-order chi connectivity index (χ0) is 15.1. The number of benzene rings is 1. The molecule has 1 aliphatic rings. The van der Waals surface area contributed by atoms with Gasteiger partial charge in [0, 0.05) is 48.7 Å². The summed E-state index contributed by atoms with van der Waals surface area (Å²) >= 11 is 0. The lowest BCUT2D eigenvalue weighted by atomic mass is 10.0. The van der Waals surface area contributed by atoms with Gasteiger partial charge in [0.25, 0.3) is 0 Å². The van der Waals surface area contributed by atoms with Crippen LogP contribution in [-0.4, -0.2) is 28.8 Å². The molecule has 0 aliphatic carbocycles. The Bertz CT molecular complexity index is 883. The van der Waals surface area contributed by atoms with Crippen LogP contribution in [0.15, 0.2) is 42.7 Å². The minimum Gasteiger partial charge on any atom is -0.486 e. The summed E-state index contributed by atoms with van der Waals surface area (Å²) < 4.78 is 7.42. The van der Waals surface area contributed by atoms with Crippen LogP contribution in [0.1, 0.15) is 5.56 Å². The first kappa shape index (κ1) is 12.9. The number of aromatic nitrogens is 2. The molecule has 0 bridgehead atoms. The van der Waals surface area contributed by atoms with Crippen molar-refractivity contribution in [3.8, 4) is 17.0 Å². The van der Waals surface area contributed by atoms with Gasteiger partial charge < -0.3 is 14.5 Å². The Morgan fingerprint density at radius 1 is 1.27 bits per heavy atom. The highest BCUT2D eigenvalue weighted by Gasteiger charge is 2.17. The van der Waals surface area contributed by atoms with E-state index >= 15 is 0 Å². The third-order valence-electron chi connectivity index (χ3n) is 3.88. The molecule has 0 fully saturated rings. The van der Waals surface area contributed by atoms with Gasteiger partial charge in [-0.1, -0.05) is 0 Å². The van der Waals surface area contributed by atoms with Crippen molar-refractivity contribution in [2.24, 2.45) is 0 Å². The van der Waals surface area contributed by atoms with Gasteiger partial charge in [0.2, 0.25) is 0 Å². The van der Waals surface area contributed by atoms with E-state index in [4.69, 9.17) is 4.74 Å². The number of ketones is 1. The quantitative estimate of drug-likeness (QED) is 0.789. The molecule has 0 atom stereocenters. The highest BCUT2D eigenvalue weighted by Crippen LogP contribution is 2.29. The number of carbonyl (C=O) groups is 1. The van der Waals surface area contributed by atoms with Gasteiger partial charge in [-0.25, -0.2) is 4.98 Å². The van der Waals surface area contributed by atoms with E-state index in [-0.39, 0.29) is 12.4 Å². The van der Waals surface area contributed by atoms with Crippen molar-refractivity contribution in [3.63, 3.8) is 0 Å². The molecular formula is C17H15N3O2. The van der Waals surface area contributed by atoms with E-state index in [1.807, 2.05) is 54.2 Å². The van der Waals surface area contributed by atoms with Crippen LogP contribution < -0.4 is 10.1 Å². The topological polar surface area (TPSA) is 55.6 Å². The first-order valence-electron chi connectivity index (χ1n) is 7.17. The minimum absolute atomic E-state index is 0.110. The molecule has 0 saturated carbocycles. The molecule has 3 heterocycles. The third kappa shape index (κ3) is 2.11. The van der Waals surface area contributed by atoms with Crippen LogP contribution in [0, 0.1) is 0 Å². The number of rotatable bonds is 2. The Morgan fingerprint density at radius 3 is 3.05 bits per heavy atom. The second-order valence-corrected chi connectivity index (χ2v) is 5.38. The summed E-state index contributed by atoms with van der Waals surface area (Å²) in [6.45, 7) is 0.174. The molecular weight excluding hydrogens is 278 g/mol. The fourth-order valence-electron chi connectivity index (χ4n) is 2.72. The maximum Gasteiger partial charge on any atom is 0.174 e. The second kappa shape index (κ2) is 4.87. The first-order chi connectivity index (χ1) is 10.7. The Hall–Kier alpha value is -2.82. The zero-order valence-corrected chi connectivity index (χ0v) is 12.2. The highest BCUT2D eigenvalue weighted by molar-refractivity contribution is 5.85. The molecule has 0 radical (unpaired) electrons. The van der Waals surface area contributed by atoms with Crippen molar-refractivity contribution >= 4 is 17.1 Å². The van der Waals surface area contributed by atoms with Crippen LogP contribution in [0.3, 0.4) is 0 Å². The van der Waals surface area contributed by atoms with Gasteiger partial charge in [-0.3, -0.25) is 4.79 Å². The number of anilines is 1. The second-order valence-electron chi connectivity index (χ2n) is 5.38. The van der Waals surface area contributed by atoms with Crippen molar-refractivity contribution in [1.29, 1.82) is 0 Å². The number of nitrogens with zero attached hydrogens (tertiary/aromatic N) is 2. The Labute approximate surface area is 127 Å². The minimum atomic E-state index is 0.110. The molecule has 4 rings (SSSR count). The number of hydrogen-bond donors (Lipinski definition) is 1. The van der Waals surface area contributed by atoms with Crippen LogP contribution in [-0.2, 0) is 11.2 Å². The summed E-state index contributed by atoms with van der Waals surface area (Å²) in [7, 11) is 1.89. The van der Waals surface area contributed by atoms with Crippen LogP contribution >= 0.6 is 0 Å². The number of imidazole rings is 1. The van der Waals surface area contributed by atoms with Crippen molar-refractivity contribution < 1.29 is 9.53 Å².